The summed E-state index contributed by atoms with van der Waals surface area (Å²) < 4.78 is 5.00. The number of amides is 1. The van der Waals surface area contributed by atoms with E-state index in [0.717, 1.165) is 37.6 Å². The maximum absolute atomic E-state index is 10.0. The first-order valence-corrected chi connectivity index (χ1v) is 7.57. The monoisotopic (exact) mass is 308 g/mol. The van der Waals surface area contributed by atoms with E-state index < -0.39 is 0 Å². The summed E-state index contributed by atoms with van der Waals surface area (Å²) in [6, 6.07) is 0. The fraction of sp³-hybridized carbons (Fsp3) is 0.769. The Kier molecular flexibility index (Phi) is 9.26. The number of carbonyl (C=O) groups excluding carboxylic acids is 1. The van der Waals surface area contributed by atoms with Crippen molar-refractivity contribution in [3.8, 4) is 0 Å². The van der Waals surface area contributed by atoms with Gasteiger partial charge < -0.3 is 15.0 Å². The molecule has 0 spiro atoms. The van der Waals surface area contributed by atoms with Gasteiger partial charge in [0.15, 0.2) is 0 Å². The van der Waals surface area contributed by atoms with Crippen LogP contribution < -0.4 is 5.32 Å². The van der Waals surface area contributed by atoms with Crippen LogP contribution in [-0.4, -0.2) is 56.6 Å². The molecule has 0 unspecified atom stereocenters. The highest BCUT2D eigenvalue weighted by Gasteiger charge is 2.10. The van der Waals surface area contributed by atoms with Gasteiger partial charge in [-0.15, -0.1) is 11.6 Å². The Hall–Kier alpha value is -0.290. The van der Waals surface area contributed by atoms with Crippen molar-refractivity contribution in [1.29, 1.82) is 0 Å². The number of ether oxygens (including phenoxy) is 1. The lowest BCUT2D eigenvalue weighted by atomic mass is 9.98. The molecule has 0 aliphatic carbocycles. The fourth-order valence-corrected chi connectivity index (χ4v) is 2.26. The topological polar surface area (TPSA) is 41.6 Å². The summed E-state index contributed by atoms with van der Waals surface area (Å²) in [6.07, 6.45) is 5.33. The van der Waals surface area contributed by atoms with Gasteiger partial charge in [0.05, 0.1) is 19.1 Å². The van der Waals surface area contributed by atoms with Crippen molar-refractivity contribution >= 4 is 29.6 Å². The number of hydrogen-bond acceptors (Lipinski definition) is 3. The Morgan fingerprint density at radius 1 is 1.32 bits per heavy atom. The lowest BCUT2D eigenvalue weighted by Crippen LogP contribution is -2.34. The van der Waals surface area contributed by atoms with Gasteiger partial charge in [-0.2, -0.15) is 0 Å². The molecule has 2 fully saturated rings. The molecule has 0 radical (unpaired) electrons. The molecule has 6 heteroatoms. The van der Waals surface area contributed by atoms with Crippen LogP contribution in [0.3, 0.4) is 0 Å². The minimum Gasteiger partial charge on any atom is -0.378 e. The molecule has 0 atom stereocenters. The fourth-order valence-electron chi connectivity index (χ4n) is 1.99. The van der Waals surface area contributed by atoms with Crippen LogP contribution in [0.4, 0.5) is 0 Å². The smallest absolute Gasteiger partial charge is 0.209 e. The summed E-state index contributed by atoms with van der Waals surface area (Å²) in [4.78, 5) is 11.7. The van der Waals surface area contributed by atoms with Crippen LogP contribution in [-0.2, 0) is 9.53 Å². The lowest BCUT2D eigenvalue weighted by molar-refractivity contribution is -0.121. The van der Waals surface area contributed by atoms with Gasteiger partial charge in [-0.3, -0.25) is 4.79 Å². The number of halogens is 2. The molecule has 2 aliphatic rings. The zero-order valence-electron chi connectivity index (χ0n) is 11.1. The number of nitrogens with one attached hydrogen (secondary N) is 1. The van der Waals surface area contributed by atoms with E-state index in [1.165, 1.54) is 12.8 Å². The zero-order valence-corrected chi connectivity index (χ0v) is 12.6. The molecule has 0 saturated carbocycles. The number of rotatable bonds is 3. The van der Waals surface area contributed by atoms with Crippen LogP contribution in [0.1, 0.15) is 12.8 Å². The second-order valence-corrected chi connectivity index (χ2v) is 5.34. The molecule has 2 rings (SSSR count). The van der Waals surface area contributed by atoms with Gasteiger partial charge in [0.25, 0.3) is 0 Å². The van der Waals surface area contributed by atoms with Crippen LogP contribution in [0, 0.1) is 5.92 Å². The second kappa shape index (κ2) is 10.5. The lowest BCUT2D eigenvalue weighted by Gasteiger charge is -2.21. The molecule has 110 valence electrons. The largest absolute Gasteiger partial charge is 0.378 e. The molecule has 1 N–H and O–H groups in total. The summed E-state index contributed by atoms with van der Waals surface area (Å²) in [7, 11) is 0. The standard InChI is InChI=1S/C8H13Cl2N.C5H9NO2/c9-6-8(10)5-7-1-3-11-4-2-7;7-5-6-1-3-8-4-2-6/h5,7,11H,1-4,6H2;5H,1-4H2/b8-5-;. The van der Waals surface area contributed by atoms with E-state index in [1.807, 2.05) is 0 Å². The molecule has 0 bridgehead atoms. The minimum absolute atomic E-state index is 0.450. The van der Waals surface area contributed by atoms with Crippen molar-refractivity contribution in [2.75, 3.05) is 45.3 Å². The van der Waals surface area contributed by atoms with E-state index in [4.69, 9.17) is 27.9 Å². The highest BCUT2D eigenvalue weighted by Crippen LogP contribution is 2.17. The average Bonchev–Trinajstić information content (AvgIpc) is 2.49. The van der Waals surface area contributed by atoms with Crippen LogP contribution in [0.5, 0.6) is 0 Å². The van der Waals surface area contributed by atoms with E-state index in [9.17, 15) is 4.79 Å². The number of allylic oxidation sites excluding steroid dienone is 2. The van der Waals surface area contributed by atoms with Crippen molar-refractivity contribution in [1.82, 2.24) is 10.2 Å². The number of carbonyl (C=O) groups is 1. The van der Waals surface area contributed by atoms with Crippen LogP contribution >= 0.6 is 23.2 Å². The minimum atomic E-state index is 0.450. The third-order valence-corrected chi connectivity index (χ3v) is 3.81. The van der Waals surface area contributed by atoms with Crippen molar-refractivity contribution < 1.29 is 9.53 Å². The molecule has 0 aromatic rings. The molecule has 0 aromatic heterocycles. The number of alkyl halides is 1. The maximum Gasteiger partial charge on any atom is 0.209 e. The van der Waals surface area contributed by atoms with Crippen LogP contribution in [0.25, 0.3) is 0 Å². The van der Waals surface area contributed by atoms with Gasteiger partial charge in [-0.25, -0.2) is 0 Å². The molecule has 2 heterocycles. The molecule has 4 nitrogen and oxygen atoms in total. The zero-order chi connectivity index (χ0) is 13.9. The van der Waals surface area contributed by atoms with E-state index >= 15 is 0 Å². The Morgan fingerprint density at radius 2 is 1.95 bits per heavy atom. The third-order valence-electron chi connectivity index (χ3n) is 3.12. The van der Waals surface area contributed by atoms with E-state index in [2.05, 4.69) is 11.4 Å². The highest BCUT2D eigenvalue weighted by atomic mass is 35.5. The molecule has 2 aliphatic heterocycles. The van der Waals surface area contributed by atoms with Gasteiger partial charge in [-0.05, 0) is 31.8 Å². The highest BCUT2D eigenvalue weighted by molar-refractivity contribution is 6.35. The van der Waals surface area contributed by atoms with Crippen molar-refractivity contribution in [3.63, 3.8) is 0 Å². The summed E-state index contributed by atoms with van der Waals surface area (Å²) in [5.74, 6) is 1.09. The maximum atomic E-state index is 10.0. The van der Waals surface area contributed by atoms with Gasteiger partial charge in [0.2, 0.25) is 6.41 Å². The number of piperidine rings is 1. The van der Waals surface area contributed by atoms with E-state index in [1.54, 1.807) is 4.90 Å². The summed E-state index contributed by atoms with van der Waals surface area (Å²) >= 11 is 11.4. The quantitative estimate of drug-likeness (QED) is 0.639. The first-order chi connectivity index (χ1) is 9.26. The molecule has 19 heavy (non-hydrogen) atoms. The predicted octanol–water partition coefficient (Wildman–Crippen LogP) is 1.82. The Labute approximate surface area is 125 Å². The molecular weight excluding hydrogens is 287 g/mol. The van der Waals surface area contributed by atoms with Crippen LogP contribution in [0.2, 0.25) is 0 Å². The predicted molar refractivity (Wildman–Crippen MR) is 78.7 cm³/mol. The summed E-state index contributed by atoms with van der Waals surface area (Å²) in [5, 5.41) is 4.09. The molecule has 0 aromatic carbocycles. The molecule has 2 saturated heterocycles. The average molecular weight is 309 g/mol. The molecule has 1 amide bonds. The van der Waals surface area contributed by atoms with Crippen LogP contribution in [0.15, 0.2) is 11.1 Å². The number of nitrogens with zero attached hydrogens (tertiary/aromatic N) is 1. The first-order valence-electron chi connectivity index (χ1n) is 6.66. The Morgan fingerprint density at radius 3 is 2.42 bits per heavy atom. The van der Waals surface area contributed by atoms with E-state index in [0.29, 0.717) is 25.0 Å². The number of morpholine rings is 1. The first kappa shape index (κ1) is 16.8. The SMILES string of the molecule is ClC/C(Cl)=C/C1CCNCC1.O=CN1CCOCC1. The van der Waals surface area contributed by atoms with E-state index in [-0.39, 0.29) is 0 Å². The summed E-state index contributed by atoms with van der Waals surface area (Å²) in [6.45, 7) is 5.10. The Bertz CT molecular complexity index is 276. The second-order valence-electron chi connectivity index (χ2n) is 4.59. The normalized spacial score (nSPS) is 21.6. The van der Waals surface area contributed by atoms with Gasteiger partial charge >= 0.3 is 0 Å². The number of hydrogen-bond donors (Lipinski definition) is 1. The van der Waals surface area contributed by atoms with Crippen molar-refractivity contribution in [2.45, 2.75) is 12.8 Å². The van der Waals surface area contributed by atoms with Gasteiger partial charge in [0, 0.05) is 18.1 Å². The van der Waals surface area contributed by atoms with Crippen molar-refractivity contribution in [3.05, 3.63) is 11.1 Å². The van der Waals surface area contributed by atoms with Crippen molar-refractivity contribution in [2.24, 2.45) is 5.92 Å². The Balaban J connectivity index is 0.000000200. The third kappa shape index (κ3) is 7.78. The molecular formula is C13H22Cl2N2O2. The summed E-state index contributed by atoms with van der Waals surface area (Å²) in [5.41, 5.74) is 0. The van der Waals surface area contributed by atoms with Gasteiger partial charge in [-0.1, -0.05) is 17.7 Å². The van der Waals surface area contributed by atoms with Gasteiger partial charge in [0.1, 0.15) is 0 Å².